The second-order valence-corrected chi connectivity index (χ2v) is 7.40. The van der Waals surface area contributed by atoms with E-state index in [9.17, 15) is 12.8 Å². The zero-order valence-electron chi connectivity index (χ0n) is 13.7. The van der Waals surface area contributed by atoms with Gasteiger partial charge in [0.2, 0.25) is 0 Å². The van der Waals surface area contributed by atoms with Crippen molar-refractivity contribution in [3.8, 4) is 0 Å². The summed E-state index contributed by atoms with van der Waals surface area (Å²) in [6.07, 6.45) is 1.93. The highest BCUT2D eigenvalue weighted by atomic mass is 127. The highest BCUT2D eigenvalue weighted by molar-refractivity contribution is 14.0. The molecule has 0 aliphatic rings. The third-order valence-corrected chi connectivity index (χ3v) is 3.99. The van der Waals surface area contributed by atoms with Gasteiger partial charge in [0.05, 0.1) is 12.3 Å². The number of sulfone groups is 1. The van der Waals surface area contributed by atoms with E-state index in [2.05, 4.69) is 15.6 Å². The van der Waals surface area contributed by atoms with Crippen LogP contribution in [0.3, 0.4) is 0 Å². The molecule has 0 saturated heterocycles. The van der Waals surface area contributed by atoms with Gasteiger partial charge in [-0.15, -0.1) is 24.0 Å². The maximum absolute atomic E-state index is 13.0. The monoisotopic (exact) mass is 457 g/mol. The fraction of sp³-hybridized carbons (Fsp3) is 0.533. The molecule has 0 atom stereocenters. The van der Waals surface area contributed by atoms with E-state index in [-0.39, 0.29) is 42.1 Å². The third-order valence-electron chi connectivity index (χ3n) is 3.07. The molecule has 0 unspecified atom stereocenters. The standard InChI is InChI=1S/C15H24FN3O2S.HI/c1-4-17-15(19-9-10-22(3,20)21)18-8-7-13-5-6-14(16)11-12(13)2;/h5-6,11H,4,7-10H2,1-3H3,(H2,17,18,19);1H. The van der Waals surface area contributed by atoms with Crippen LogP contribution in [0.25, 0.3) is 0 Å². The molecule has 0 radical (unpaired) electrons. The fourth-order valence-electron chi connectivity index (χ4n) is 1.92. The van der Waals surface area contributed by atoms with E-state index in [1.165, 1.54) is 18.4 Å². The van der Waals surface area contributed by atoms with Gasteiger partial charge in [-0.2, -0.15) is 0 Å². The first-order valence-electron chi connectivity index (χ1n) is 7.26. The van der Waals surface area contributed by atoms with Crippen LogP contribution in [0.2, 0.25) is 0 Å². The van der Waals surface area contributed by atoms with E-state index in [1.54, 1.807) is 6.07 Å². The molecular formula is C15H25FIN3O2S. The Balaban J connectivity index is 0.00000484. The highest BCUT2D eigenvalue weighted by Gasteiger charge is 2.03. The topological polar surface area (TPSA) is 70.6 Å². The average molecular weight is 457 g/mol. The number of nitrogens with one attached hydrogen (secondary N) is 2. The smallest absolute Gasteiger partial charge is 0.191 e. The maximum atomic E-state index is 13.0. The zero-order chi connectivity index (χ0) is 16.6. The minimum atomic E-state index is -3.01. The highest BCUT2D eigenvalue weighted by Crippen LogP contribution is 2.10. The molecule has 1 aromatic carbocycles. The molecule has 2 N–H and O–H groups in total. The largest absolute Gasteiger partial charge is 0.357 e. The lowest BCUT2D eigenvalue weighted by Crippen LogP contribution is -2.38. The van der Waals surface area contributed by atoms with Crippen molar-refractivity contribution in [3.05, 3.63) is 35.1 Å². The summed E-state index contributed by atoms with van der Waals surface area (Å²) in [6.45, 7) is 5.38. The number of aryl methyl sites for hydroxylation is 1. The van der Waals surface area contributed by atoms with E-state index in [0.717, 1.165) is 17.5 Å². The van der Waals surface area contributed by atoms with Gasteiger partial charge in [0.1, 0.15) is 15.7 Å². The molecule has 0 spiro atoms. The van der Waals surface area contributed by atoms with Gasteiger partial charge in [0.15, 0.2) is 5.96 Å². The molecule has 0 aliphatic heterocycles. The van der Waals surface area contributed by atoms with Crippen LogP contribution in [0.15, 0.2) is 23.2 Å². The zero-order valence-corrected chi connectivity index (χ0v) is 16.9. The quantitative estimate of drug-likeness (QED) is 0.373. The van der Waals surface area contributed by atoms with Crippen LogP contribution in [0.4, 0.5) is 4.39 Å². The predicted molar refractivity (Wildman–Crippen MR) is 104 cm³/mol. The van der Waals surface area contributed by atoms with Crippen LogP contribution in [-0.4, -0.2) is 46.0 Å². The predicted octanol–water partition coefficient (Wildman–Crippen LogP) is 1.89. The number of aliphatic imine (C=N–C) groups is 1. The Morgan fingerprint density at radius 1 is 1.30 bits per heavy atom. The number of hydrogen-bond acceptors (Lipinski definition) is 3. The minimum Gasteiger partial charge on any atom is -0.357 e. The van der Waals surface area contributed by atoms with Gasteiger partial charge in [-0.1, -0.05) is 6.07 Å². The SMILES string of the molecule is CCNC(=NCCS(C)(=O)=O)NCCc1ccc(F)cc1C.I. The summed E-state index contributed by atoms with van der Waals surface area (Å²) >= 11 is 0. The summed E-state index contributed by atoms with van der Waals surface area (Å²) in [6, 6.07) is 4.74. The third kappa shape index (κ3) is 9.75. The van der Waals surface area contributed by atoms with Gasteiger partial charge in [-0.05, 0) is 43.5 Å². The second-order valence-electron chi connectivity index (χ2n) is 5.14. The Labute approximate surface area is 155 Å². The van der Waals surface area contributed by atoms with Gasteiger partial charge < -0.3 is 10.6 Å². The molecule has 1 aromatic rings. The number of guanidine groups is 1. The Hall–Kier alpha value is -0.900. The summed E-state index contributed by atoms with van der Waals surface area (Å²) < 4.78 is 35.2. The molecule has 5 nitrogen and oxygen atoms in total. The van der Waals surface area contributed by atoms with Gasteiger partial charge in [0, 0.05) is 19.3 Å². The normalized spacial score (nSPS) is 11.7. The summed E-state index contributed by atoms with van der Waals surface area (Å²) in [5.41, 5.74) is 1.99. The summed E-state index contributed by atoms with van der Waals surface area (Å²) in [4.78, 5) is 4.22. The lowest BCUT2D eigenvalue weighted by molar-refractivity contribution is 0.601. The van der Waals surface area contributed by atoms with Gasteiger partial charge in [0.25, 0.3) is 0 Å². The molecule has 0 aromatic heterocycles. The van der Waals surface area contributed by atoms with Crippen LogP contribution < -0.4 is 10.6 Å². The summed E-state index contributed by atoms with van der Waals surface area (Å²) in [5.74, 6) is 0.386. The average Bonchev–Trinajstić information content (AvgIpc) is 2.40. The van der Waals surface area contributed by atoms with Crippen LogP contribution in [0.1, 0.15) is 18.1 Å². The first-order valence-corrected chi connectivity index (χ1v) is 9.33. The molecule has 23 heavy (non-hydrogen) atoms. The van der Waals surface area contributed by atoms with Crippen molar-refractivity contribution in [2.75, 3.05) is 31.6 Å². The van der Waals surface area contributed by atoms with Crippen molar-refractivity contribution in [3.63, 3.8) is 0 Å². The maximum Gasteiger partial charge on any atom is 0.191 e. The number of nitrogens with zero attached hydrogens (tertiary/aromatic N) is 1. The molecule has 0 saturated carbocycles. The van der Waals surface area contributed by atoms with Crippen molar-refractivity contribution in [1.29, 1.82) is 0 Å². The molecule has 8 heteroatoms. The molecule has 132 valence electrons. The number of rotatable bonds is 7. The number of hydrogen-bond donors (Lipinski definition) is 2. The molecule has 0 heterocycles. The van der Waals surface area contributed by atoms with Crippen molar-refractivity contribution < 1.29 is 12.8 Å². The van der Waals surface area contributed by atoms with E-state index in [4.69, 9.17) is 0 Å². The summed E-state index contributed by atoms with van der Waals surface area (Å²) in [7, 11) is -3.01. The van der Waals surface area contributed by atoms with Gasteiger partial charge in [-0.3, -0.25) is 4.99 Å². The van der Waals surface area contributed by atoms with E-state index in [1.807, 2.05) is 13.8 Å². The summed E-state index contributed by atoms with van der Waals surface area (Å²) in [5, 5.41) is 6.21. The van der Waals surface area contributed by atoms with Crippen LogP contribution >= 0.6 is 24.0 Å². The molecule has 0 bridgehead atoms. The number of benzene rings is 1. The lowest BCUT2D eigenvalue weighted by Gasteiger charge is -2.12. The van der Waals surface area contributed by atoms with Gasteiger partial charge >= 0.3 is 0 Å². The Morgan fingerprint density at radius 2 is 2.00 bits per heavy atom. The van der Waals surface area contributed by atoms with Crippen molar-refractivity contribution in [2.24, 2.45) is 4.99 Å². The Bertz CT molecular complexity index is 621. The number of halogens is 2. The Kier molecular flexibility index (Phi) is 10.4. The minimum absolute atomic E-state index is 0. The Morgan fingerprint density at radius 3 is 2.57 bits per heavy atom. The molecule has 0 fully saturated rings. The molecule has 0 aliphatic carbocycles. The first-order chi connectivity index (χ1) is 10.3. The van der Waals surface area contributed by atoms with Crippen molar-refractivity contribution in [2.45, 2.75) is 20.3 Å². The first kappa shape index (κ1) is 22.1. The van der Waals surface area contributed by atoms with E-state index in [0.29, 0.717) is 19.0 Å². The molecule has 0 amide bonds. The lowest BCUT2D eigenvalue weighted by atomic mass is 10.1. The van der Waals surface area contributed by atoms with E-state index >= 15 is 0 Å². The van der Waals surface area contributed by atoms with Crippen LogP contribution in [0.5, 0.6) is 0 Å². The second kappa shape index (κ2) is 10.8. The van der Waals surface area contributed by atoms with Crippen molar-refractivity contribution >= 4 is 39.8 Å². The molecule has 1 rings (SSSR count). The van der Waals surface area contributed by atoms with Gasteiger partial charge in [-0.25, -0.2) is 12.8 Å². The van der Waals surface area contributed by atoms with E-state index < -0.39 is 9.84 Å². The fourth-order valence-corrected chi connectivity index (χ4v) is 2.34. The molecular weight excluding hydrogens is 432 g/mol. The van der Waals surface area contributed by atoms with Crippen molar-refractivity contribution in [1.82, 2.24) is 10.6 Å². The van der Waals surface area contributed by atoms with Crippen LogP contribution in [-0.2, 0) is 16.3 Å². The van der Waals surface area contributed by atoms with Crippen LogP contribution in [0, 0.1) is 12.7 Å².